The van der Waals surface area contributed by atoms with E-state index in [0.29, 0.717) is 11.1 Å². The maximum absolute atomic E-state index is 11.6. The number of hydroxylamine groups is 1. The van der Waals surface area contributed by atoms with Crippen molar-refractivity contribution in [1.29, 1.82) is 0 Å². The second-order valence-corrected chi connectivity index (χ2v) is 3.77. The molecule has 2 N–H and O–H groups in total. The summed E-state index contributed by atoms with van der Waals surface area (Å²) in [5, 5.41) is 9.08. The highest BCUT2D eigenvalue weighted by molar-refractivity contribution is 5.96. The third-order valence-corrected chi connectivity index (χ3v) is 2.51. The zero-order valence-corrected chi connectivity index (χ0v) is 9.81. The third-order valence-electron chi connectivity index (χ3n) is 2.51. The number of nitrogens with one attached hydrogen (secondary N) is 1. The summed E-state index contributed by atoms with van der Waals surface area (Å²) in [7, 11) is 1.46. The van der Waals surface area contributed by atoms with Crippen molar-refractivity contribution in [3.63, 3.8) is 0 Å². The van der Waals surface area contributed by atoms with E-state index in [9.17, 15) is 9.59 Å². The lowest BCUT2D eigenvalue weighted by Crippen LogP contribution is -2.25. The molecule has 0 fully saturated rings. The van der Waals surface area contributed by atoms with Crippen LogP contribution >= 0.6 is 0 Å². The molecule has 94 valence electrons. The maximum Gasteiger partial charge on any atom is 0.349 e. The lowest BCUT2D eigenvalue weighted by molar-refractivity contribution is 0.0702. The summed E-state index contributed by atoms with van der Waals surface area (Å²) in [6.45, 7) is 1.85. The molecule has 0 aliphatic heterocycles. The molecule has 18 heavy (non-hydrogen) atoms. The Labute approximate surface area is 102 Å². The number of fused-ring (bicyclic) bond motifs is 1. The minimum absolute atomic E-state index is 0.266. The SMILES string of the molecule is COc1cc(C)cc2cc(C(=O)NO)c(=O)oc12. The van der Waals surface area contributed by atoms with Gasteiger partial charge >= 0.3 is 5.63 Å². The number of amides is 1. The number of carbonyl (C=O) groups excluding carboxylic acids is 1. The maximum atomic E-state index is 11.6. The monoisotopic (exact) mass is 249 g/mol. The highest BCUT2D eigenvalue weighted by atomic mass is 16.5. The summed E-state index contributed by atoms with van der Waals surface area (Å²) in [5.74, 6) is -0.496. The van der Waals surface area contributed by atoms with Crippen LogP contribution in [0.15, 0.2) is 27.4 Å². The van der Waals surface area contributed by atoms with E-state index in [1.54, 1.807) is 12.1 Å². The molecule has 0 unspecified atom stereocenters. The van der Waals surface area contributed by atoms with Gasteiger partial charge in [0.1, 0.15) is 5.56 Å². The number of aryl methyl sites for hydroxylation is 1. The fourth-order valence-electron chi connectivity index (χ4n) is 1.72. The average molecular weight is 249 g/mol. The molecule has 2 rings (SSSR count). The van der Waals surface area contributed by atoms with Gasteiger partial charge in [-0.05, 0) is 30.7 Å². The zero-order chi connectivity index (χ0) is 13.3. The molecule has 0 radical (unpaired) electrons. The number of hydrogen-bond donors (Lipinski definition) is 2. The van der Waals surface area contributed by atoms with Crippen LogP contribution in [0.3, 0.4) is 0 Å². The van der Waals surface area contributed by atoms with Crippen LogP contribution in [0.1, 0.15) is 15.9 Å². The highest BCUT2D eigenvalue weighted by Crippen LogP contribution is 2.26. The van der Waals surface area contributed by atoms with Gasteiger partial charge < -0.3 is 9.15 Å². The average Bonchev–Trinajstić information content (AvgIpc) is 2.36. The van der Waals surface area contributed by atoms with E-state index in [-0.39, 0.29) is 11.1 Å². The van der Waals surface area contributed by atoms with Crippen LogP contribution in [0.2, 0.25) is 0 Å². The number of hydrogen-bond acceptors (Lipinski definition) is 5. The Morgan fingerprint density at radius 2 is 2.11 bits per heavy atom. The number of ether oxygens (including phenoxy) is 1. The van der Waals surface area contributed by atoms with E-state index < -0.39 is 11.5 Å². The van der Waals surface area contributed by atoms with E-state index in [1.807, 2.05) is 6.92 Å². The Hall–Kier alpha value is -2.34. The molecule has 1 aromatic heterocycles. The molecular formula is C12H11NO5. The first-order valence-electron chi connectivity index (χ1n) is 5.13. The molecule has 2 aromatic rings. The number of carbonyl (C=O) groups is 1. The van der Waals surface area contributed by atoms with E-state index in [1.165, 1.54) is 18.7 Å². The van der Waals surface area contributed by atoms with Gasteiger partial charge in [0, 0.05) is 5.39 Å². The molecule has 6 nitrogen and oxygen atoms in total. The van der Waals surface area contributed by atoms with Crippen LogP contribution in [0.4, 0.5) is 0 Å². The molecule has 0 aliphatic carbocycles. The molecule has 0 aliphatic rings. The lowest BCUT2D eigenvalue weighted by atomic mass is 10.1. The van der Waals surface area contributed by atoms with Crippen molar-refractivity contribution in [1.82, 2.24) is 5.48 Å². The minimum atomic E-state index is -0.911. The van der Waals surface area contributed by atoms with Gasteiger partial charge in [-0.3, -0.25) is 10.0 Å². The fraction of sp³-hybridized carbons (Fsp3) is 0.167. The number of rotatable bonds is 2. The number of methoxy groups -OCH3 is 1. The topological polar surface area (TPSA) is 88.8 Å². The van der Waals surface area contributed by atoms with Gasteiger partial charge in [0.05, 0.1) is 7.11 Å². The van der Waals surface area contributed by atoms with Crippen LogP contribution in [0, 0.1) is 6.92 Å². The molecular weight excluding hydrogens is 238 g/mol. The first kappa shape index (κ1) is 12.1. The van der Waals surface area contributed by atoms with Gasteiger partial charge in [-0.25, -0.2) is 10.3 Å². The van der Waals surface area contributed by atoms with Crippen LogP contribution in [-0.4, -0.2) is 18.2 Å². The Balaban J connectivity index is 2.79. The summed E-state index contributed by atoms with van der Waals surface area (Å²) in [6, 6.07) is 4.81. The molecule has 0 atom stereocenters. The highest BCUT2D eigenvalue weighted by Gasteiger charge is 2.15. The van der Waals surface area contributed by atoms with Gasteiger partial charge in [0.25, 0.3) is 5.91 Å². The van der Waals surface area contributed by atoms with Crippen LogP contribution in [0.5, 0.6) is 5.75 Å². The molecule has 1 aromatic carbocycles. The summed E-state index contributed by atoms with van der Waals surface area (Å²) in [6.07, 6.45) is 0. The standard InChI is InChI=1S/C12H11NO5/c1-6-3-7-5-8(11(14)13-16)12(15)18-10(7)9(4-6)17-2/h3-5,16H,1-2H3,(H,13,14). The predicted molar refractivity (Wildman–Crippen MR) is 63.0 cm³/mol. The van der Waals surface area contributed by atoms with Crippen molar-refractivity contribution in [3.8, 4) is 5.75 Å². The molecule has 1 amide bonds. The van der Waals surface area contributed by atoms with Crippen molar-refractivity contribution in [2.45, 2.75) is 6.92 Å². The molecule has 0 bridgehead atoms. The minimum Gasteiger partial charge on any atom is -0.493 e. The third kappa shape index (κ3) is 1.93. The molecule has 1 heterocycles. The van der Waals surface area contributed by atoms with E-state index in [2.05, 4.69) is 0 Å². The molecule has 0 saturated heterocycles. The van der Waals surface area contributed by atoms with Crippen molar-refractivity contribution in [3.05, 3.63) is 39.7 Å². The van der Waals surface area contributed by atoms with Crippen LogP contribution in [0.25, 0.3) is 11.0 Å². The first-order valence-corrected chi connectivity index (χ1v) is 5.13. The summed E-state index contributed by atoms with van der Waals surface area (Å²) in [4.78, 5) is 22.9. The first-order chi connectivity index (χ1) is 8.56. The smallest absolute Gasteiger partial charge is 0.349 e. The van der Waals surface area contributed by atoms with Crippen LogP contribution in [-0.2, 0) is 0 Å². The van der Waals surface area contributed by atoms with Gasteiger partial charge in [-0.2, -0.15) is 0 Å². The predicted octanol–water partition coefficient (Wildman–Crippen LogP) is 1.23. The Bertz CT molecular complexity index is 674. The van der Waals surface area contributed by atoms with Gasteiger partial charge in [0.15, 0.2) is 11.3 Å². The van der Waals surface area contributed by atoms with E-state index in [4.69, 9.17) is 14.4 Å². The summed E-state index contributed by atoms with van der Waals surface area (Å²) in [5.41, 5.74) is 1.46. The lowest BCUT2D eigenvalue weighted by Gasteiger charge is -2.06. The molecule has 0 saturated carbocycles. The normalized spacial score (nSPS) is 10.4. The Morgan fingerprint density at radius 3 is 2.72 bits per heavy atom. The zero-order valence-electron chi connectivity index (χ0n) is 9.81. The van der Waals surface area contributed by atoms with Crippen molar-refractivity contribution in [2.75, 3.05) is 7.11 Å². The van der Waals surface area contributed by atoms with Crippen LogP contribution < -0.4 is 15.8 Å². The van der Waals surface area contributed by atoms with E-state index >= 15 is 0 Å². The Morgan fingerprint density at radius 1 is 1.39 bits per heavy atom. The molecule has 0 spiro atoms. The van der Waals surface area contributed by atoms with Crippen molar-refractivity contribution < 1.29 is 19.2 Å². The van der Waals surface area contributed by atoms with Gasteiger partial charge in [-0.1, -0.05) is 0 Å². The number of benzene rings is 1. The van der Waals surface area contributed by atoms with Gasteiger partial charge in [0.2, 0.25) is 0 Å². The summed E-state index contributed by atoms with van der Waals surface area (Å²) >= 11 is 0. The van der Waals surface area contributed by atoms with Crippen molar-refractivity contribution in [2.24, 2.45) is 0 Å². The van der Waals surface area contributed by atoms with Crippen molar-refractivity contribution >= 4 is 16.9 Å². The summed E-state index contributed by atoms with van der Waals surface area (Å²) < 4.78 is 10.1. The second kappa shape index (κ2) is 4.50. The Kier molecular flexibility index (Phi) is 3.03. The molecule has 6 heteroatoms. The largest absolute Gasteiger partial charge is 0.493 e. The quantitative estimate of drug-likeness (QED) is 0.474. The van der Waals surface area contributed by atoms with E-state index in [0.717, 1.165) is 5.56 Å². The fourth-order valence-corrected chi connectivity index (χ4v) is 1.72. The van der Waals surface area contributed by atoms with Gasteiger partial charge in [-0.15, -0.1) is 0 Å². The second-order valence-electron chi connectivity index (χ2n) is 3.77.